The van der Waals surface area contributed by atoms with E-state index in [-0.39, 0.29) is 18.2 Å². The molecule has 28 heavy (non-hydrogen) atoms. The van der Waals surface area contributed by atoms with Crippen molar-refractivity contribution in [3.05, 3.63) is 63.7 Å². The van der Waals surface area contributed by atoms with Gasteiger partial charge in [-0.1, -0.05) is 0 Å². The van der Waals surface area contributed by atoms with Gasteiger partial charge in [-0.25, -0.2) is 9.78 Å². The molecule has 0 radical (unpaired) electrons. The highest BCUT2D eigenvalue weighted by Crippen LogP contribution is 2.28. The first kappa shape index (κ1) is 18.1. The molecule has 4 rings (SSSR count). The van der Waals surface area contributed by atoms with Gasteiger partial charge in [-0.3, -0.25) is 14.9 Å². The van der Waals surface area contributed by atoms with Gasteiger partial charge in [0.05, 0.1) is 6.54 Å². The van der Waals surface area contributed by atoms with E-state index in [4.69, 9.17) is 9.15 Å². The van der Waals surface area contributed by atoms with Gasteiger partial charge in [-0.05, 0) is 43.5 Å². The number of carbonyl (C=O) groups is 1. The Labute approximate surface area is 160 Å². The van der Waals surface area contributed by atoms with Crippen LogP contribution >= 0.6 is 0 Å². The summed E-state index contributed by atoms with van der Waals surface area (Å²) in [6.45, 7) is 2.46. The summed E-state index contributed by atoms with van der Waals surface area (Å²) < 4.78 is 10.9. The van der Waals surface area contributed by atoms with Crippen molar-refractivity contribution in [2.75, 3.05) is 6.61 Å². The lowest BCUT2D eigenvalue weighted by Gasteiger charge is -2.11. The Bertz CT molecular complexity index is 1040. The summed E-state index contributed by atoms with van der Waals surface area (Å²) >= 11 is 0. The number of pyridine rings is 1. The van der Waals surface area contributed by atoms with Crippen LogP contribution < -0.4 is 10.9 Å². The monoisotopic (exact) mass is 381 g/mol. The second-order valence-electron chi connectivity index (χ2n) is 6.52. The Kier molecular flexibility index (Phi) is 4.98. The quantitative estimate of drug-likeness (QED) is 0.692. The van der Waals surface area contributed by atoms with E-state index >= 15 is 0 Å². The summed E-state index contributed by atoms with van der Waals surface area (Å²) in [5.74, 6) is 0.919. The van der Waals surface area contributed by atoms with Crippen molar-refractivity contribution in [2.45, 2.75) is 32.4 Å². The zero-order valence-corrected chi connectivity index (χ0v) is 15.3. The van der Waals surface area contributed by atoms with E-state index in [0.717, 1.165) is 18.4 Å². The Hall–Kier alpha value is -3.33. The fraction of sp³-hybridized carbons (Fsp3) is 0.316. The van der Waals surface area contributed by atoms with Gasteiger partial charge in [-0.15, -0.1) is 0 Å². The second-order valence-corrected chi connectivity index (χ2v) is 6.52. The first-order chi connectivity index (χ1) is 13.6. The number of ether oxygens (including phenoxy) is 1. The highest BCUT2D eigenvalue weighted by molar-refractivity contribution is 5.95. The van der Waals surface area contributed by atoms with Crippen molar-refractivity contribution in [3.8, 4) is 11.4 Å². The normalized spacial score (nSPS) is 16.2. The van der Waals surface area contributed by atoms with E-state index in [1.807, 2.05) is 0 Å². The molecule has 0 spiro atoms. The predicted octanol–water partition coefficient (Wildman–Crippen LogP) is 1.91. The molecule has 0 saturated carbocycles. The van der Waals surface area contributed by atoms with E-state index in [9.17, 15) is 9.59 Å². The molecular formula is C19H19N5O4. The number of aromatic nitrogens is 4. The van der Waals surface area contributed by atoms with Crippen LogP contribution in [0.1, 0.15) is 46.5 Å². The molecule has 1 aliphatic heterocycles. The number of rotatable bonds is 5. The number of hydrogen-bond donors (Lipinski definition) is 2. The lowest BCUT2D eigenvalue weighted by molar-refractivity contribution is 0.0882. The summed E-state index contributed by atoms with van der Waals surface area (Å²) in [6.07, 6.45) is 4.81. The van der Waals surface area contributed by atoms with Crippen molar-refractivity contribution < 1.29 is 13.9 Å². The van der Waals surface area contributed by atoms with Crippen LogP contribution in [0.15, 0.2) is 39.8 Å². The average Bonchev–Trinajstić information content (AvgIpc) is 3.39. The minimum atomic E-state index is -0.668. The van der Waals surface area contributed by atoms with Gasteiger partial charge in [0.2, 0.25) is 0 Å². The van der Waals surface area contributed by atoms with Crippen LogP contribution in [-0.4, -0.2) is 32.7 Å². The number of aryl methyl sites for hydroxylation is 1. The lowest BCUT2D eigenvalue weighted by Crippen LogP contribution is -2.29. The van der Waals surface area contributed by atoms with Crippen molar-refractivity contribution >= 4 is 5.91 Å². The minimum Gasteiger partial charge on any atom is -0.424 e. The molecule has 2 N–H and O–H groups in total. The molecule has 1 unspecified atom stereocenters. The molecule has 3 aromatic heterocycles. The van der Waals surface area contributed by atoms with Crippen LogP contribution in [0, 0.1) is 6.92 Å². The largest absolute Gasteiger partial charge is 0.424 e. The Morgan fingerprint density at radius 3 is 2.89 bits per heavy atom. The molecule has 9 nitrogen and oxygen atoms in total. The SMILES string of the molecule is Cc1cc(C2CCCO2)oc(=O)c1C(=O)NCc1nc(-c2ccncc2)n[nH]1. The van der Waals surface area contributed by atoms with Gasteiger partial charge in [0.1, 0.15) is 23.3 Å². The molecule has 1 amide bonds. The number of hydrogen-bond acceptors (Lipinski definition) is 7. The molecule has 1 atom stereocenters. The summed E-state index contributed by atoms with van der Waals surface area (Å²) in [4.78, 5) is 33.1. The second kappa shape index (κ2) is 7.73. The number of aromatic amines is 1. The number of nitrogens with one attached hydrogen (secondary N) is 2. The maximum Gasteiger partial charge on any atom is 0.349 e. The summed E-state index contributed by atoms with van der Waals surface area (Å²) in [7, 11) is 0. The van der Waals surface area contributed by atoms with Gasteiger partial charge in [-0.2, -0.15) is 5.10 Å². The van der Waals surface area contributed by atoms with E-state index < -0.39 is 11.5 Å². The van der Waals surface area contributed by atoms with E-state index in [1.165, 1.54) is 0 Å². The standard InChI is InChI=1S/C19H19N5O4/c1-11-9-14(13-3-2-8-27-13)28-19(26)16(11)18(25)21-10-15-22-17(24-23-15)12-4-6-20-7-5-12/h4-7,9,13H,2-3,8,10H2,1H3,(H,21,25)(H,22,23,24). The molecule has 1 aliphatic rings. The first-order valence-corrected chi connectivity index (χ1v) is 8.98. The zero-order chi connectivity index (χ0) is 19.5. The van der Waals surface area contributed by atoms with Crippen molar-refractivity contribution in [3.63, 3.8) is 0 Å². The minimum absolute atomic E-state index is 0.0179. The van der Waals surface area contributed by atoms with Gasteiger partial charge in [0, 0.05) is 24.6 Å². The maximum absolute atomic E-state index is 12.5. The molecule has 0 bridgehead atoms. The predicted molar refractivity (Wildman–Crippen MR) is 98.4 cm³/mol. The molecule has 1 fully saturated rings. The number of nitrogens with zero attached hydrogens (tertiary/aromatic N) is 3. The van der Waals surface area contributed by atoms with Crippen molar-refractivity contribution in [1.29, 1.82) is 0 Å². The fourth-order valence-electron chi connectivity index (χ4n) is 3.12. The molecule has 0 aromatic carbocycles. The van der Waals surface area contributed by atoms with Crippen LogP contribution in [0.2, 0.25) is 0 Å². The van der Waals surface area contributed by atoms with Crippen molar-refractivity contribution in [2.24, 2.45) is 0 Å². The summed E-state index contributed by atoms with van der Waals surface area (Å²) in [5.41, 5.74) is 0.674. The molecule has 0 aliphatic carbocycles. The summed E-state index contributed by atoms with van der Waals surface area (Å²) in [6, 6.07) is 5.27. The number of amides is 1. The highest BCUT2D eigenvalue weighted by atomic mass is 16.5. The van der Waals surface area contributed by atoms with Crippen molar-refractivity contribution in [1.82, 2.24) is 25.5 Å². The van der Waals surface area contributed by atoms with Gasteiger partial charge < -0.3 is 14.5 Å². The molecule has 3 aromatic rings. The smallest absolute Gasteiger partial charge is 0.349 e. The zero-order valence-electron chi connectivity index (χ0n) is 15.3. The first-order valence-electron chi connectivity index (χ1n) is 8.98. The molecular weight excluding hydrogens is 362 g/mol. The molecule has 9 heteroatoms. The molecule has 1 saturated heterocycles. The van der Waals surface area contributed by atoms with E-state index in [1.54, 1.807) is 37.5 Å². The van der Waals surface area contributed by atoms with E-state index in [2.05, 4.69) is 25.5 Å². The van der Waals surface area contributed by atoms with Gasteiger partial charge in [0.25, 0.3) is 5.91 Å². The van der Waals surface area contributed by atoms with Crippen LogP contribution in [0.5, 0.6) is 0 Å². The van der Waals surface area contributed by atoms with Crippen LogP contribution in [0.25, 0.3) is 11.4 Å². The average molecular weight is 381 g/mol. The van der Waals surface area contributed by atoms with Crippen LogP contribution in [0.3, 0.4) is 0 Å². The summed E-state index contributed by atoms with van der Waals surface area (Å²) in [5, 5.41) is 9.57. The van der Waals surface area contributed by atoms with E-state index in [0.29, 0.717) is 29.6 Å². The Morgan fingerprint density at radius 2 is 2.18 bits per heavy atom. The van der Waals surface area contributed by atoms with Crippen LogP contribution in [0.4, 0.5) is 0 Å². The maximum atomic E-state index is 12.5. The van der Waals surface area contributed by atoms with Crippen LogP contribution in [-0.2, 0) is 11.3 Å². The number of carbonyl (C=O) groups excluding carboxylic acids is 1. The third kappa shape index (κ3) is 3.70. The third-order valence-corrected chi connectivity index (χ3v) is 4.53. The highest BCUT2D eigenvalue weighted by Gasteiger charge is 2.24. The Morgan fingerprint density at radius 1 is 1.36 bits per heavy atom. The molecule has 144 valence electrons. The lowest BCUT2D eigenvalue weighted by atomic mass is 10.1. The van der Waals surface area contributed by atoms with Gasteiger partial charge >= 0.3 is 5.63 Å². The fourth-order valence-corrected chi connectivity index (χ4v) is 3.12. The Balaban J connectivity index is 1.45. The number of H-pyrrole nitrogens is 1. The third-order valence-electron chi connectivity index (χ3n) is 4.53. The topological polar surface area (TPSA) is 123 Å². The molecule has 4 heterocycles. The van der Waals surface area contributed by atoms with Gasteiger partial charge in [0.15, 0.2) is 5.82 Å².